The van der Waals surface area contributed by atoms with E-state index in [1.165, 1.54) is 0 Å². The summed E-state index contributed by atoms with van der Waals surface area (Å²) < 4.78 is 26.1. The van der Waals surface area contributed by atoms with Crippen LogP contribution in [0.2, 0.25) is 0 Å². The van der Waals surface area contributed by atoms with E-state index in [0.717, 1.165) is 24.0 Å². The number of aryl methyl sites for hydroxylation is 1. The van der Waals surface area contributed by atoms with Gasteiger partial charge in [-0.05, 0) is 56.5 Å². The minimum atomic E-state index is -3.43. The average Bonchev–Trinajstić information content (AvgIpc) is 3.41. The number of benzene rings is 1. The highest BCUT2D eigenvalue weighted by atomic mass is 32.2. The van der Waals surface area contributed by atoms with Crippen molar-refractivity contribution in [2.24, 2.45) is 0 Å². The Hall–Kier alpha value is -2.94. The minimum absolute atomic E-state index is 0.0399. The summed E-state index contributed by atoms with van der Waals surface area (Å²) in [7, 11) is -3.43. The molecule has 1 amide bonds. The van der Waals surface area contributed by atoms with E-state index in [4.69, 9.17) is 0 Å². The van der Waals surface area contributed by atoms with E-state index in [-0.39, 0.29) is 17.5 Å². The lowest BCUT2D eigenvalue weighted by atomic mass is 10.0. The van der Waals surface area contributed by atoms with E-state index in [2.05, 4.69) is 25.2 Å². The summed E-state index contributed by atoms with van der Waals surface area (Å²) in [4.78, 5) is 16.9. The number of H-pyrrole nitrogens is 1. The van der Waals surface area contributed by atoms with Crippen LogP contribution in [0.3, 0.4) is 0 Å². The van der Waals surface area contributed by atoms with E-state index >= 15 is 0 Å². The van der Waals surface area contributed by atoms with Crippen LogP contribution in [0.5, 0.6) is 0 Å². The molecule has 0 atom stereocenters. The van der Waals surface area contributed by atoms with Crippen LogP contribution in [0.15, 0.2) is 30.3 Å². The molecule has 1 aromatic carbocycles. The molecule has 3 N–H and O–H groups in total. The number of carbonyl (C=O) groups excluding carboxylic acids is 1. The van der Waals surface area contributed by atoms with Gasteiger partial charge in [0.25, 0.3) is 5.91 Å². The van der Waals surface area contributed by atoms with E-state index < -0.39 is 10.0 Å². The number of pyridine rings is 1. The quantitative estimate of drug-likeness (QED) is 0.589. The van der Waals surface area contributed by atoms with Crippen molar-refractivity contribution in [3.63, 3.8) is 0 Å². The molecule has 146 valence electrons. The van der Waals surface area contributed by atoms with Crippen molar-refractivity contribution in [2.75, 3.05) is 10.5 Å². The third kappa shape index (κ3) is 3.70. The van der Waals surface area contributed by atoms with Crippen molar-refractivity contribution in [1.29, 1.82) is 0 Å². The SMILES string of the molecule is CCS(=O)(=O)Nc1n[nH]c2nc(-c3cc(C(=O)NC4CC4)ccc3C)ccc12. The summed E-state index contributed by atoms with van der Waals surface area (Å²) in [6.07, 6.45) is 2.07. The normalized spacial score (nSPS) is 14.2. The third-order valence-electron chi connectivity index (χ3n) is 4.74. The largest absolute Gasteiger partial charge is 0.349 e. The molecule has 8 nitrogen and oxygen atoms in total. The smallest absolute Gasteiger partial charge is 0.251 e. The molecule has 9 heteroatoms. The number of fused-ring (bicyclic) bond motifs is 1. The fraction of sp³-hybridized carbons (Fsp3) is 0.316. The second-order valence-corrected chi connectivity index (χ2v) is 8.96. The molecule has 0 aliphatic heterocycles. The Morgan fingerprint density at radius 3 is 2.75 bits per heavy atom. The number of nitrogens with zero attached hydrogens (tertiary/aromatic N) is 2. The molecule has 2 aromatic heterocycles. The van der Waals surface area contributed by atoms with Gasteiger partial charge >= 0.3 is 0 Å². The molecule has 3 aromatic rings. The predicted octanol–water partition coefficient (Wildman–Crippen LogP) is 2.59. The van der Waals surface area contributed by atoms with Gasteiger partial charge in [-0.1, -0.05) is 6.07 Å². The van der Waals surface area contributed by atoms with Crippen molar-refractivity contribution in [3.8, 4) is 11.3 Å². The molecule has 0 saturated heterocycles. The maximum absolute atomic E-state index is 12.4. The number of nitrogens with one attached hydrogen (secondary N) is 3. The molecule has 1 aliphatic rings. The zero-order chi connectivity index (χ0) is 19.9. The lowest BCUT2D eigenvalue weighted by Gasteiger charge is -2.09. The third-order valence-corrected chi connectivity index (χ3v) is 6.01. The molecule has 0 unspecified atom stereocenters. The van der Waals surface area contributed by atoms with Gasteiger partial charge in [0.05, 0.1) is 16.8 Å². The fourth-order valence-corrected chi connectivity index (χ4v) is 3.48. The first-order valence-corrected chi connectivity index (χ1v) is 10.8. The summed E-state index contributed by atoms with van der Waals surface area (Å²) in [6.45, 7) is 3.51. The second kappa shape index (κ2) is 6.90. The van der Waals surface area contributed by atoms with E-state index in [9.17, 15) is 13.2 Å². The number of sulfonamides is 1. The lowest BCUT2D eigenvalue weighted by Crippen LogP contribution is -2.25. The summed E-state index contributed by atoms with van der Waals surface area (Å²) in [5.41, 5.74) is 3.57. The van der Waals surface area contributed by atoms with Gasteiger partial charge in [-0.15, -0.1) is 0 Å². The van der Waals surface area contributed by atoms with E-state index in [1.54, 1.807) is 19.1 Å². The summed E-state index contributed by atoms with van der Waals surface area (Å²) in [5, 5.41) is 10.4. The molecular weight excluding hydrogens is 378 g/mol. The number of hydrogen-bond acceptors (Lipinski definition) is 5. The maximum Gasteiger partial charge on any atom is 0.251 e. The minimum Gasteiger partial charge on any atom is -0.349 e. The highest BCUT2D eigenvalue weighted by Gasteiger charge is 2.24. The van der Waals surface area contributed by atoms with Crippen LogP contribution >= 0.6 is 0 Å². The predicted molar refractivity (Wildman–Crippen MR) is 108 cm³/mol. The van der Waals surface area contributed by atoms with Crippen LogP contribution in [0.1, 0.15) is 35.7 Å². The first kappa shape index (κ1) is 18.4. The Bertz CT molecular complexity index is 1170. The Morgan fingerprint density at radius 2 is 2.04 bits per heavy atom. The van der Waals surface area contributed by atoms with Crippen molar-refractivity contribution < 1.29 is 13.2 Å². The van der Waals surface area contributed by atoms with Gasteiger partial charge in [0.2, 0.25) is 10.0 Å². The molecule has 1 fully saturated rings. The van der Waals surface area contributed by atoms with Crippen molar-refractivity contribution >= 4 is 32.8 Å². The summed E-state index contributed by atoms with van der Waals surface area (Å²) in [6, 6.07) is 9.40. The van der Waals surface area contributed by atoms with E-state index in [0.29, 0.717) is 28.3 Å². The lowest BCUT2D eigenvalue weighted by molar-refractivity contribution is 0.0951. The fourth-order valence-electron chi connectivity index (χ4n) is 2.89. The molecule has 1 saturated carbocycles. The zero-order valence-corrected chi connectivity index (χ0v) is 16.4. The number of anilines is 1. The van der Waals surface area contributed by atoms with E-state index in [1.807, 2.05) is 25.1 Å². The molecule has 0 spiro atoms. The van der Waals surface area contributed by atoms with Gasteiger partial charge in [-0.25, -0.2) is 13.4 Å². The van der Waals surface area contributed by atoms with Crippen LogP contribution < -0.4 is 10.0 Å². The average molecular weight is 399 g/mol. The van der Waals surface area contributed by atoms with Crippen LogP contribution in [0.25, 0.3) is 22.3 Å². The Morgan fingerprint density at radius 1 is 1.25 bits per heavy atom. The van der Waals surface area contributed by atoms with Crippen LogP contribution in [-0.2, 0) is 10.0 Å². The van der Waals surface area contributed by atoms with Gasteiger partial charge in [-0.2, -0.15) is 5.10 Å². The van der Waals surface area contributed by atoms with Crippen molar-refractivity contribution in [2.45, 2.75) is 32.7 Å². The molecular formula is C19H21N5O3S. The first-order valence-electron chi connectivity index (χ1n) is 9.14. The highest BCUT2D eigenvalue weighted by Crippen LogP contribution is 2.28. The number of aromatic nitrogens is 3. The van der Waals surface area contributed by atoms with Gasteiger partial charge in [0.15, 0.2) is 11.5 Å². The number of hydrogen-bond donors (Lipinski definition) is 3. The number of carbonyl (C=O) groups is 1. The maximum atomic E-state index is 12.4. The van der Waals surface area contributed by atoms with Gasteiger partial charge < -0.3 is 5.32 Å². The van der Waals surface area contributed by atoms with Gasteiger partial charge in [0.1, 0.15) is 0 Å². The van der Waals surface area contributed by atoms with Crippen molar-refractivity contribution in [1.82, 2.24) is 20.5 Å². The zero-order valence-electron chi connectivity index (χ0n) is 15.6. The molecule has 0 bridgehead atoms. The number of amides is 1. The standard InChI is InChI=1S/C19H21N5O3S/c1-3-28(26,27)24-18-14-8-9-16(21-17(14)22-23-18)15-10-12(5-4-11(15)2)19(25)20-13-6-7-13/h4-5,8-10,13H,3,6-7H2,1-2H3,(H,20,25)(H2,21,22,23,24). The van der Waals surface area contributed by atoms with Crippen molar-refractivity contribution in [3.05, 3.63) is 41.5 Å². The molecule has 28 heavy (non-hydrogen) atoms. The van der Waals surface area contributed by atoms with Crippen LogP contribution in [0, 0.1) is 6.92 Å². The molecule has 2 heterocycles. The van der Waals surface area contributed by atoms with Crippen LogP contribution in [0.4, 0.5) is 5.82 Å². The summed E-state index contributed by atoms with van der Waals surface area (Å²) >= 11 is 0. The van der Waals surface area contributed by atoms with Gasteiger partial charge in [0, 0.05) is 17.2 Å². The van der Waals surface area contributed by atoms with Crippen LogP contribution in [-0.4, -0.2) is 41.3 Å². The Kier molecular flexibility index (Phi) is 4.54. The second-order valence-electron chi connectivity index (χ2n) is 6.95. The number of rotatable bonds is 6. The molecule has 0 radical (unpaired) electrons. The monoisotopic (exact) mass is 399 g/mol. The number of aromatic amines is 1. The van der Waals surface area contributed by atoms with Gasteiger partial charge in [-0.3, -0.25) is 14.6 Å². The Balaban J connectivity index is 1.68. The topological polar surface area (TPSA) is 117 Å². The summed E-state index contributed by atoms with van der Waals surface area (Å²) in [5.74, 6) is 0.106. The molecule has 1 aliphatic carbocycles. The Labute approximate surface area is 162 Å². The molecule has 4 rings (SSSR count). The highest BCUT2D eigenvalue weighted by molar-refractivity contribution is 7.92. The first-order chi connectivity index (χ1) is 13.4.